The number of hydrogen-bond donors (Lipinski definition) is 0. The molecule has 0 aromatic rings. The van der Waals surface area contributed by atoms with Crippen molar-refractivity contribution in [3.63, 3.8) is 0 Å². The van der Waals surface area contributed by atoms with Crippen LogP contribution in [0.15, 0.2) is 9.56 Å². The van der Waals surface area contributed by atoms with Crippen molar-refractivity contribution in [2.24, 2.45) is 0 Å². The second-order valence-corrected chi connectivity index (χ2v) is 19.3. The molecule has 0 nitrogen and oxygen atoms in total. The summed E-state index contributed by atoms with van der Waals surface area (Å²) in [6.45, 7) is 7.80. The summed E-state index contributed by atoms with van der Waals surface area (Å²) >= 11 is -1.68. The van der Waals surface area contributed by atoms with Gasteiger partial charge in [-0.1, -0.05) is 0 Å². The second-order valence-electron chi connectivity index (χ2n) is 4.95. The van der Waals surface area contributed by atoms with Crippen molar-refractivity contribution in [3.8, 4) is 0 Å². The van der Waals surface area contributed by atoms with Crippen molar-refractivity contribution < 1.29 is 0 Å². The van der Waals surface area contributed by atoms with Gasteiger partial charge in [0.1, 0.15) is 0 Å². The Balaban J connectivity index is 4.57. The fraction of sp³-hybridized carbons (Fsp3) is 0.818. The van der Waals surface area contributed by atoms with Gasteiger partial charge in [-0.15, -0.1) is 0 Å². The fourth-order valence-corrected chi connectivity index (χ4v) is 6.31. The number of hydrogen-bond acceptors (Lipinski definition) is 0. The Morgan fingerprint density at radius 3 is 1.77 bits per heavy atom. The van der Waals surface area contributed by atoms with Gasteiger partial charge in [0.25, 0.3) is 0 Å². The zero-order chi connectivity index (χ0) is 10.5. The SMILES string of the molecule is CCB(CC)/C(=[CH]\[Sn]([CH3])([CH3])[CH3])CC. The van der Waals surface area contributed by atoms with Gasteiger partial charge in [0.15, 0.2) is 0 Å². The summed E-state index contributed by atoms with van der Waals surface area (Å²) in [4.78, 5) is 7.48. The van der Waals surface area contributed by atoms with Crippen molar-refractivity contribution in [1.82, 2.24) is 0 Å². The van der Waals surface area contributed by atoms with Gasteiger partial charge in [0.05, 0.1) is 0 Å². The Labute approximate surface area is 89.1 Å². The molecule has 76 valence electrons. The van der Waals surface area contributed by atoms with E-state index in [0.717, 1.165) is 6.71 Å². The van der Waals surface area contributed by atoms with Crippen LogP contribution in [0.2, 0.25) is 27.5 Å². The van der Waals surface area contributed by atoms with E-state index in [2.05, 4.69) is 39.7 Å². The predicted molar refractivity (Wildman–Crippen MR) is 68.4 cm³/mol. The summed E-state index contributed by atoms with van der Waals surface area (Å²) in [5.74, 6) is 0. The molecule has 0 N–H and O–H groups in total. The third kappa shape index (κ3) is 5.82. The van der Waals surface area contributed by atoms with Crippen LogP contribution in [0.1, 0.15) is 27.2 Å². The second kappa shape index (κ2) is 6.16. The Hall–Kier alpha value is 0.604. The molecule has 0 aliphatic heterocycles. The van der Waals surface area contributed by atoms with Crippen LogP contribution in [0.25, 0.3) is 0 Å². The Morgan fingerprint density at radius 1 is 1.08 bits per heavy atom. The molecule has 0 fully saturated rings. The number of allylic oxidation sites excluding steroid dienone is 1. The third-order valence-corrected chi connectivity index (χ3v) is 6.07. The van der Waals surface area contributed by atoms with Gasteiger partial charge >= 0.3 is 89.3 Å². The van der Waals surface area contributed by atoms with E-state index >= 15 is 0 Å². The van der Waals surface area contributed by atoms with Crippen LogP contribution in [0.4, 0.5) is 0 Å². The van der Waals surface area contributed by atoms with Crippen LogP contribution in [0.5, 0.6) is 0 Å². The first kappa shape index (κ1) is 13.6. The van der Waals surface area contributed by atoms with E-state index in [1.807, 2.05) is 0 Å². The van der Waals surface area contributed by atoms with Gasteiger partial charge in [0.2, 0.25) is 0 Å². The first-order valence-corrected chi connectivity index (χ1v) is 15.9. The molecule has 13 heavy (non-hydrogen) atoms. The van der Waals surface area contributed by atoms with Gasteiger partial charge in [-0.2, -0.15) is 0 Å². The van der Waals surface area contributed by atoms with E-state index in [9.17, 15) is 0 Å². The van der Waals surface area contributed by atoms with E-state index < -0.39 is 18.4 Å². The van der Waals surface area contributed by atoms with Crippen LogP contribution in [0.3, 0.4) is 0 Å². The topological polar surface area (TPSA) is 0 Å². The van der Waals surface area contributed by atoms with E-state index in [1.165, 1.54) is 19.1 Å². The average Bonchev–Trinajstić information content (AvgIpc) is 2.02. The van der Waals surface area contributed by atoms with Crippen LogP contribution in [-0.4, -0.2) is 25.1 Å². The summed E-state index contributed by atoms with van der Waals surface area (Å²) in [6, 6.07) is 0. The summed E-state index contributed by atoms with van der Waals surface area (Å²) < 4.78 is 2.67. The molecule has 0 aliphatic carbocycles. The van der Waals surface area contributed by atoms with Crippen LogP contribution in [-0.2, 0) is 0 Å². The van der Waals surface area contributed by atoms with Gasteiger partial charge in [-0.05, 0) is 0 Å². The molecule has 0 aromatic carbocycles. The van der Waals surface area contributed by atoms with Crippen molar-refractivity contribution in [1.29, 1.82) is 0 Å². The molecule has 0 bridgehead atoms. The molecule has 0 heterocycles. The minimum atomic E-state index is -1.68. The Morgan fingerprint density at radius 2 is 1.54 bits per heavy atom. The molecule has 0 saturated heterocycles. The molecule has 0 atom stereocenters. The Kier molecular flexibility index (Phi) is 6.44. The molecule has 0 amide bonds. The monoisotopic (exact) mass is 288 g/mol. The van der Waals surface area contributed by atoms with Crippen molar-refractivity contribution >= 4 is 25.1 Å². The van der Waals surface area contributed by atoms with Gasteiger partial charge in [-0.3, -0.25) is 0 Å². The zero-order valence-electron chi connectivity index (χ0n) is 10.3. The Bertz CT molecular complexity index is 163. The molecular formula is C11H25BSn. The van der Waals surface area contributed by atoms with Gasteiger partial charge in [0, 0.05) is 0 Å². The zero-order valence-corrected chi connectivity index (χ0v) is 13.1. The molecular weight excluding hydrogens is 262 g/mol. The molecule has 0 radical (unpaired) electrons. The first-order chi connectivity index (χ1) is 5.94. The number of rotatable bonds is 5. The summed E-state index contributed by atoms with van der Waals surface area (Å²) in [6.07, 6.45) is 3.90. The quantitative estimate of drug-likeness (QED) is 0.662. The fourth-order valence-electron chi connectivity index (χ4n) is 1.88. The van der Waals surface area contributed by atoms with Crippen molar-refractivity contribution in [2.75, 3.05) is 0 Å². The van der Waals surface area contributed by atoms with Crippen molar-refractivity contribution in [3.05, 3.63) is 9.56 Å². The van der Waals surface area contributed by atoms with Crippen molar-refractivity contribution in [2.45, 2.75) is 54.7 Å². The van der Waals surface area contributed by atoms with E-state index in [4.69, 9.17) is 0 Å². The standard InChI is InChI=1S/C8H16B.3CH3.Sn/c1-5-8(4)9(6-2)7-3;;;;/h4H,5-7H2,1-3H3;3*1H3;. The third-order valence-electron chi connectivity index (χ3n) is 2.54. The predicted octanol–water partition coefficient (Wildman–Crippen LogP) is 4.27. The first-order valence-electron chi connectivity index (χ1n) is 5.66. The maximum absolute atomic E-state index is 2.67. The van der Waals surface area contributed by atoms with Gasteiger partial charge < -0.3 is 0 Å². The summed E-state index contributed by atoms with van der Waals surface area (Å²) in [5.41, 5.74) is 1.74. The van der Waals surface area contributed by atoms with Crippen LogP contribution >= 0.6 is 0 Å². The molecule has 0 aliphatic rings. The molecule has 0 saturated carbocycles. The van der Waals surface area contributed by atoms with E-state index in [-0.39, 0.29) is 0 Å². The summed E-state index contributed by atoms with van der Waals surface area (Å²) in [7, 11) is 0. The minimum absolute atomic E-state index is 0.862. The molecule has 0 aromatic heterocycles. The molecule has 0 spiro atoms. The molecule has 0 rings (SSSR count). The summed E-state index contributed by atoms with van der Waals surface area (Å²) in [5, 5.41) is 0. The van der Waals surface area contributed by atoms with E-state index in [1.54, 1.807) is 5.47 Å². The molecule has 0 unspecified atom stereocenters. The van der Waals surface area contributed by atoms with Crippen LogP contribution < -0.4 is 0 Å². The maximum atomic E-state index is 2.67. The average molecular weight is 287 g/mol. The molecule has 2 heteroatoms. The van der Waals surface area contributed by atoms with Crippen LogP contribution in [0, 0.1) is 0 Å². The normalized spacial score (nSPS) is 13.2. The van der Waals surface area contributed by atoms with E-state index in [0.29, 0.717) is 0 Å². The van der Waals surface area contributed by atoms with Gasteiger partial charge in [-0.25, -0.2) is 0 Å².